The SMILES string of the molecule is F.F.F.[SbH3]. The third kappa shape index (κ3) is 18.2. The minimum absolute atomic E-state index is 0. The minimum atomic E-state index is 0. The Hall–Kier alpha value is 0.608. The third-order valence-corrected chi connectivity index (χ3v) is 0. The standard InChI is InChI=1S/3FH.Sb.3H/h3*1H;;;;. The molecule has 0 nitrogen and oxygen atoms in total. The van der Waals surface area contributed by atoms with Crippen molar-refractivity contribution >= 4 is 24.4 Å². The summed E-state index contributed by atoms with van der Waals surface area (Å²) in [6.07, 6.45) is 0. The van der Waals surface area contributed by atoms with Gasteiger partial charge in [0.15, 0.2) is 0 Å². The molecule has 0 saturated carbocycles. The second-order valence-corrected chi connectivity index (χ2v) is 0. The Kier molecular flexibility index (Phi) is 2690. The molecule has 0 heterocycles. The molecule has 0 aromatic rings. The first-order valence-electron chi connectivity index (χ1n) is 0. The van der Waals surface area contributed by atoms with Crippen molar-refractivity contribution in [1.29, 1.82) is 0 Å². The molecule has 0 amide bonds. The molecule has 0 bridgehead atoms. The zero-order valence-corrected chi connectivity index (χ0v) is 5.97. The van der Waals surface area contributed by atoms with E-state index in [0.29, 0.717) is 0 Å². The summed E-state index contributed by atoms with van der Waals surface area (Å²) >= 11 is 0. The van der Waals surface area contributed by atoms with Crippen LogP contribution in [0.15, 0.2) is 0 Å². The van der Waals surface area contributed by atoms with Gasteiger partial charge in [-0.25, -0.2) is 0 Å². The van der Waals surface area contributed by atoms with Crippen LogP contribution in [0.25, 0.3) is 0 Å². The Morgan fingerprint density at radius 3 is 0.500 bits per heavy atom. The maximum atomic E-state index is 0. The van der Waals surface area contributed by atoms with Crippen LogP contribution in [0.2, 0.25) is 0 Å². The molecule has 32 valence electrons. The van der Waals surface area contributed by atoms with Gasteiger partial charge in [0.2, 0.25) is 0 Å². The van der Waals surface area contributed by atoms with Crippen molar-refractivity contribution in [2.75, 3.05) is 0 Å². The first-order chi connectivity index (χ1) is 0. The van der Waals surface area contributed by atoms with Crippen LogP contribution in [0.3, 0.4) is 0 Å². The van der Waals surface area contributed by atoms with Gasteiger partial charge in [0.1, 0.15) is 0 Å². The summed E-state index contributed by atoms with van der Waals surface area (Å²) in [5, 5.41) is 0. The van der Waals surface area contributed by atoms with E-state index in [-0.39, 0.29) is 38.5 Å². The maximum absolute atomic E-state index is 0. The molecule has 0 aliphatic heterocycles. The number of rotatable bonds is 0. The summed E-state index contributed by atoms with van der Waals surface area (Å²) in [6, 6.07) is 0. The van der Waals surface area contributed by atoms with E-state index in [1.807, 2.05) is 0 Å². The molecule has 0 rings (SSSR count). The second-order valence-electron chi connectivity index (χ2n) is 0. The average Bonchev–Trinajstić information content (AvgIpc) is 0. The molecule has 4 heavy (non-hydrogen) atoms. The summed E-state index contributed by atoms with van der Waals surface area (Å²) in [5.41, 5.74) is 0. The molecular formula is H6F3Sb. The Balaban J connectivity index is 0. The molecule has 0 unspecified atom stereocenters. The zero-order chi connectivity index (χ0) is 0. The van der Waals surface area contributed by atoms with Crippen LogP contribution in [0.4, 0.5) is 14.1 Å². The van der Waals surface area contributed by atoms with Gasteiger partial charge < -0.3 is 0 Å². The van der Waals surface area contributed by atoms with Crippen molar-refractivity contribution in [2.45, 2.75) is 0 Å². The van der Waals surface area contributed by atoms with Gasteiger partial charge >= 0.3 is 24.4 Å². The number of hydrogen-bond donors (Lipinski definition) is 0. The van der Waals surface area contributed by atoms with Gasteiger partial charge in [-0.1, -0.05) is 0 Å². The Labute approximate surface area is 39.1 Å². The van der Waals surface area contributed by atoms with Gasteiger partial charge in [0.25, 0.3) is 0 Å². The molecule has 0 aliphatic rings. The van der Waals surface area contributed by atoms with E-state index in [4.69, 9.17) is 0 Å². The first-order valence-corrected chi connectivity index (χ1v) is 0. The Bertz CT molecular complexity index is 3.25. The molecule has 0 aromatic carbocycles. The molecule has 0 aromatic heterocycles. The van der Waals surface area contributed by atoms with Crippen molar-refractivity contribution in [1.82, 2.24) is 0 Å². The van der Waals surface area contributed by atoms with Gasteiger partial charge in [0, 0.05) is 0 Å². The van der Waals surface area contributed by atoms with Gasteiger partial charge in [0.05, 0.1) is 0 Å². The summed E-state index contributed by atoms with van der Waals surface area (Å²) in [7, 11) is 0. The zero-order valence-electron chi connectivity index (χ0n) is 1.93. The van der Waals surface area contributed by atoms with E-state index >= 15 is 0 Å². The van der Waals surface area contributed by atoms with Crippen LogP contribution in [0, 0.1) is 0 Å². The quantitative estimate of drug-likeness (QED) is 0.436. The topological polar surface area (TPSA) is 0 Å². The van der Waals surface area contributed by atoms with Crippen molar-refractivity contribution in [3.05, 3.63) is 0 Å². The first kappa shape index (κ1) is 162. The third-order valence-electron chi connectivity index (χ3n) is 0. The molecule has 0 fully saturated rings. The van der Waals surface area contributed by atoms with E-state index in [1.165, 1.54) is 0 Å². The fourth-order valence-electron chi connectivity index (χ4n) is 0. The molecule has 0 saturated heterocycles. The van der Waals surface area contributed by atoms with E-state index in [9.17, 15) is 0 Å². The van der Waals surface area contributed by atoms with Crippen LogP contribution < -0.4 is 0 Å². The summed E-state index contributed by atoms with van der Waals surface area (Å²) in [6.45, 7) is 0. The summed E-state index contributed by atoms with van der Waals surface area (Å²) < 4.78 is 0. The van der Waals surface area contributed by atoms with Gasteiger partial charge in [-0.3, -0.25) is 14.1 Å². The molecule has 0 spiro atoms. The van der Waals surface area contributed by atoms with E-state index in [0.717, 1.165) is 0 Å². The monoisotopic (exact) mass is 184 g/mol. The number of hydrogen-bond acceptors (Lipinski definition) is 0. The fourth-order valence-corrected chi connectivity index (χ4v) is 0. The van der Waals surface area contributed by atoms with Crippen molar-refractivity contribution < 1.29 is 14.1 Å². The summed E-state index contributed by atoms with van der Waals surface area (Å²) in [4.78, 5) is 0. The normalized spacial score (nSPS) is 0. The van der Waals surface area contributed by atoms with Gasteiger partial charge in [-0.15, -0.1) is 0 Å². The van der Waals surface area contributed by atoms with Gasteiger partial charge in [-0.05, 0) is 0 Å². The van der Waals surface area contributed by atoms with Gasteiger partial charge in [-0.2, -0.15) is 0 Å². The predicted octanol–water partition coefficient (Wildman–Crippen LogP) is -0.726. The van der Waals surface area contributed by atoms with E-state index in [2.05, 4.69) is 0 Å². The fraction of sp³-hybridized carbons (Fsp3) is 0. The van der Waals surface area contributed by atoms with Crippen molar-refractivity contribution in [3.63, 3.8) is 0 Å². The van der Waals surface area contributed by atoms with E-state index in [1.54, 1.807) is 0 Å². The van der Waals surface area contributed by atoms with Crippen LogP contribution in [0.1, 0.15) is 0 Å². The Morgan fingerprint density at radius 1 is 0.500 bits per heavy atom. The Morgan fingerprint density at radius 2 is 0.500 bits per heavy atom. The molecule has 0 aliphatic carbocycles. The second kappa shape index (κ2) is 66.4. The van der Waals surface area contributed by atoms with Crippen LogP contribution in [-0.4, -0.2) is 24.4 Å². The predicted molar refractivity (Wildman–Crippen MR) is 17.4 cm³/mol. The average molecular weight is 185 g/mol. The van der Waals surface area contributed by atoms with E-state index < -0.39 is 0 Å². The van der Waals surface area contributed by atoms with Crippen LogP contribution in [0.5, 0.6) is 0 Å². The summed E-state index contributed by atoms with van der Waals surface area (Å²) in [5.74, 6) is 0. The molecule has 0 N–H and O–H groups in total. The van der Waals surface area contributed by atoms with Crippen molar-refractivity contribution in [2.24, 2.45) is 0 Å². The van der Waals surface area contributed by atoms with Crippen LogP contribution >= 0.6 is 0 Å². The molecular weight excluding hydrogens is 179 g/mol. The number of halogens is 3. The molecule has 0 radical (unpaired) electrons. The molecule has 4 heteroatoms. The van der Waals surface area contributed by atoms with Crippen LogP contribution in [-0.2, 0) is 0 Å². The molecule has 0 atom stereocenters. The van der Waals surface area contributed by atoms with Crippen molar-refractivity contribution in [3.8, 4) is 0 Å².